The molecule has 0 aliphatic heterocycles. The van der Waals surface area contributed by atoms with Crippen LogP contribution in [-0.4, -0.2) is 11.1 Å². The second kappa shape index (κ2) is 5.58. The molecular weight excluding hydrogens is 298 g/mol. The SMILES string of the molecule is N.N#Cc1c(Cl)c(Cl)c(Cl)c(Cl)c1C(=O)O. The van der Waals surface area contributed by atoms with Crippen LogP contribution < -0.4 is 6.15 Å². The third kappa shape index (κ3) is 2.34. The first-order chi connectivity index (χ1) is 6.91. The molecule has 0 radical (unpaired) electrons. The summed E-state index contributed by atoms with van der Waals surface area (Å²) in [6.07, 6.45) is 0. The average Bonchev–Trinajstić information content (AvgIpc) is 2.19. The molecule has 0 atom stereocenters. The summed E-state index contributed by atoms with van der Waals surface area (Å²) in [5.74, 6) is -1.39. The van der Waals surface area contributed by atoms with Gasteiger partial charge in [-0.05, 0) is 0 Å². The molecule has 86 valence electrons. The normalized spacial score (nSPS) is 9.19. The van der Waals surface area contributed by atoms with Crippen LogP contribution in [0.4, 0.5) is 0 Å². The van der Waals surface area contributed by atoms with Gasteiger partial charge in [0.2, 0.25) is 0 Å². The van der Waals surface area contributed by atoms with Gasteiger partial charge in [0.1, 0.15) is 6.07 Å². The van der Waals surface area contributed by atoms with Crippen molar-refractivity contribution in [1.82, 2.24) is 6.15 Å². The van der Waals surface area contributed by atoms with E-state index in [0.29, 0.717) is 0 Å². The highest BCUT2D eigenvalue weighted by Crippen LogP contribution is 2.41. The van der Waals surface area contributed by atoms with Gasteiger partial charge in [0.25, 0.3) is 0 Å². The Kier molecular flexibility index (Phi) is 5.33. The Bertz CT molecular complexity index is 496. The molecule has 8 heteroatoms. The fourth-order valence-corrected chi connectivity index (χ4v) is 1.91. The van der Waals surface area contributed by atoms with E-state index in [1.807, 2.05) is 0 Å². The van der Waals surface area contributed by atoms with E-state index in [4.69, 9.17) is 56.8 Å². The predicted molar refractivity (Wildman–Crippen MR) is 63.2 cm³/mol. The van der Waals surface area contributed by atoms with E-state index < -0.39 is 11.5 Å². The first-order valence-corrected chi connectivity index (χ1v) is 4.92. The van der Waals surface area contributed by atoms with Crippen LogP contribution in [0.5, 0.6) is 0 Å². The smallest absolute Gasteiger partial charge is 0.338 e. The van der Waals surface area contributed by atoms with Gasteiger partial charge in [-0.2, -0.15) is 5.26 Å². The minimum Gasteiger partial charge on any atom is -0.478 e. The third-order valence-corrected chi connectivity index (χ3v) is 3.39. The van der Waals surface area contributed by atoms with Crippen LogP contribution in [-0.2, 0) is 0 Å². The zero-order valence-electron chi connectivity index (χ0n) is 7.52. The van der Waals surface area contributed by atoms with Gasteiger partial charge in [-0.15, -0.1) is 0 Å². The van der Waals surface area contributed by atoms with Crippen LogP contribution in [0.15, 0.2) is 0 Å². The number of carbonyl (C=O) groups is 1. The first kappa shape index (κ1) is 15.3. The van der Waals surface area contributed by atoms with E-state index in [1.54, 1.807) is 6.07 Å². The lowest BCUT2D eigenvalue weighted by molar-refractivity contribution is 0.0697. The molecule has 1 aromatic rings. The van der Waals surface area contributed by atoms with Crippen molar-refractivity contribution in [3.05, 3.63) is 31.2 Å². The van der Waals surface area contributed by atoms with Gasteiger partial charge in [0, 0.05) is 0 Å². The number of carboxylic acid groups (broad SMARTS) is 1. The Hall–Kier alpha value is -0.700. The Balaban J connectivity index is 0.00000225. The number of carboxylic acids is 1. The topological polar surface area (TPSA) is 96.1 Å². The molecule has 1 rings (SSSR count). The van der Waals surface area contributed by atoms with E-state index in [1.165, 1.54) is 0 Å². The molecular formula is C8H4Cl4N2O2. The van der Waals surface area contributed by atoms with Crippen molar-refractivity contribution in [2.24, 2.45) is 0 Å². The van der Waals surface area contributed by atoms with Crippen LogP contribution in [0.2, 0.25) is 20.1 Å². The molecule has 0 saturated heterocycles. The second-order valence-electron chi connectivity index (χ2n) is 2.42. The van der Waals surface area contributed by atoms with E-state index in [-0.39, 0.29) is 31.8 Å². The van der Waals surface area contributed by atoms with Crippen molar-refractivity contribution in [1.29, 1.82) is 5.26 Å². The Morgan fingerprint density at radius 1 is 1.06 bits per heavy atom. The van der Waals surface area contributed by atoms with Crippen molar-refractivity contribution < 1.29 is 9.90 Å². The van der Waals surface area contributed by atoms with E-state index in [2.05, 4.69) is 0 Å². The fraction of sp³-hybridized carbons (Fsp3) is 0. The van der Waals surface area contributed by atoms with E-state index in [9.17, 15) is 4.79 Å². The lowest BCUT2D eigenvalue weighted by Gasteiger charge is -2.08. The summed E-state index contributed by atoms with van der Waals surface area (Å²) in [6, 6.07) is 1.61. The molecule has 0 aromatic heterocycles. The number of rotatable bonds is 1. The highest BCUT2D eigenvalue weighted by molar-refractivity contribution is 6.53. The standard InChI is InChI=1S/C8HCl4NO2.H3N/c9-4-2(1-13)3(8(14)15)5(10)7(12)6(4)11;/h(H,14,15);1H3. The number of nitrogens with zero attached hydrogens (tertiary/aromatic N) is 1. The summed E-state index contributed by atoms with van der Waals surface area (Å²) in [5, 5.41) is 16.7. The van der Waals surface area contributed by atoms with Crippen molar-refractivity contribution in [2.75, 3.05) is 0 Å². The molecule has 0 unspecified atom stereocenters. The van der Waals surface area contributed by atoms with E-state index >= 15 is 0 Å². The van der Waals surface area contributed by atoms with Crippen LogP contribution in [0.1, 0.15) is 15.9 Å². The average molecular weight is 302 g/mol. The second-order valence-corrected chi connectivity index (χ2v) is 3.93. The van der Waals surface area contributed by atoms with E-state index in [0.717, 1.165) is 0 Å². The van der Waals surface area contributed by atoms with Crippen molar-refractivity contribution >= 4 is 52.4 Å². The summed E-state index contributed by atoms with van der Waals surface area (Å²) < 4.78 is 0. The Labute approximate surface area is 111 Å². The number of hydrogen-bond donors (Lipinski definition) is 2. The molecule has 0 bridgehead atoms. The molecule has 1 aromatic carbocycles. The maximum absolute atomic E-state index is 10.8. The minimum absolute atomic E-state index is 0. The summed E-state index contributed by atoms with van der Waals surface area (Å²) in [5.41, 5.74) is -0.748. The van der Waals surface area contributed by atoms with Gasteiger partial charge in [-0.3, -0.25) is 0 Å². The molecule has 4 N–H and O–H groups in total. The largest absolute Gasteiger partial charge is 0.478 e. The van der Waals surface area contributed by atoms with Gasteiger partial charge in [0.15, 0.2) is 0 Å². The maximum atomic E-state index is 10.8. The molecule has 0 fully saturated rings. The van der Waals surface area contributed by atoms with Crippen LogP contribution in [0, 0.1) is 11.3 Å². The monoisotopic (exact) mass is 300 g/mol. The molecule has 0 aliphatic rings. The molecule has 0 spiro atoms. The van der Waals surface area contributed by atoms with Crippen LogP contribution in [0.3, 0.4) is 0 Å². The van der Waals surface area contributed by atoms with Gasteiger partial charge < -0.3 is 11.3 Å². The zero-order chi connectivity index (χ0) is 11.7. The van der Waals surface area contributed by atoms with Gasteiger partial charge in [-0.25, -0.2) is 4.79 Å². The summed E-state index contributed by atoms with van der Waals surface area (Å²) in [4.78, 5) is 10.8. The van der Waals surface area contributed by atoms with Crippen LogP contribution in [0.25, 0.3) is 0 Å². The molecule has 16 heavy (non-hydrogen) atoms. The Morgan fingerprint density at radius 3 is 1.88 bits per heavy atom. The van der Waals surface area contributed by atoms with Crippen molar-refractivity contribution in [3.63, 3.8) is 0 Å². The highest BCUT2D eigenvalue weighted by Gasteiger charge is 2.24. The number of aromatic carboxylic acids is 1. The van der Waals surface area contributed by atoms with Crippen molar-refractivity contribution in [2.45, 2.75) is 0 Å². The van der Waals surface area contributed by atoms with Crippen molar-refractivity contribution in [3.8, 4) is 6.07 Å². The minimum atomic E-state index is -1.39. The number of halogens is 4. The first-order valence-electron chi connectivity index (χ1n) is 3.41. The zero-order valence-corrected chi connectivity index (χ0v) is 10.5. The number of nitriles is 1. The molecule has 0 heterocycles. The lowest BCUT2D eigenvalue weighted by Crippen LogP contribution is -2.03. The van der Waals surface area contributed by atoms with Gasteiger partial charge >= 0.3 is 5.97 Å². The third-order valence-electron chi connectivity index (χ3n) is 1.59. The maximum Gasteiger partial charge on any atom is 0.338 e. The number of hydrogen-bond acceptors (Lipinski definition) is 3. The molecule has 0 saturated carbocycles. The number of benzene rings is 1. The molecule has 4 nitrogen and oxygen atoms in total. The summed E-state index contributed by atoms with van der Waals surface area (Å²) >= 11 is 22.6. The molecule has 0 amide bonds. The predicted octanol–water partition coefficient (Wildman–Crippen LogP) is 4.03. The Morgan fingerprint density at radius 2 is 1.50 bits per heavy atom. The molecule has 0 aliphatic carbocycles. The lowest BCUT2D eigenvalue weighted by atomic mass is 10.1. The van der Waals surface area contributed by atoms with Gasteiger partial charge in [-0.1, -0.05) is 46.4 Å². The van der Waals surface area contributed by atoms with Gasteiger partial charge in [0.05, 0.1) is 31.2 Å². The van der Waals surface area contributed by atoms with Crippen LogP contribution >= 0.6 is 46.4 Å². The summed E-state index contributed by atoms with van der Waals surface area (Å²) in [7, 11) is 0. The quantitative estimate of drug-likeness (QED) is 0.604. The highest BCUT2D eigenvalue weighted by atomic mass is 35.5. The summed E-state index contributed by atoms with van der Waals surface area (Å²) in [6.45, 7) is 0. The fourth-order valence-electron chi connectivity index (χ4n) is 0.937.